The van der Waals surface area contributed by atoms with Gasteiger partial charge in [0.1, 0.15) is 24.7 Å². The Labute approximate surface area is 158 Å². The van der Waals surface area contributed by atoms with Crippen molar-refractivity contribution in [3.8, 4) is 11.5 Å². The molecule has 0 fully saturated rings. The summed E-state index contributed by atoms with van der Waals surface area (Å²) in [5, 5.41) is 9.20. The SMILES string of the molecule is C=CCOc1ccc(N(CC(=O)O)S(=O)(=O)c2ccc(OC)c(C)c2)cc1. The summed E-state index contributed by atoms with van der Waals surface area (Å²) in [5.41, 5.74) is 0.846. The maximum absolute atomic E-state index is 13.1. The number of aryl methyl sites for hydroxylation is 1. The van der Waals surface area contributed by atoms with Gasteiger partial charge in [-0.25, -0.2) is 8.42 Å². The molecule has 7 nitrogen and oxygen atoms in total. The van der Waals surface area contributed by atoms with Gasteiger partial charge in [-0.1, -0.05) is 12.7 Å². The second-order valence-electron chi connectivity index (χ2n) is 5.63. The average Bonchev–Trinajstić information content (AvgIpc) is 2.64. The lowest BCUT2D eigenvalue weighted by atomic mass is 10.2. The summed E-state index contributed by atoms with van der Waals surface area (Å²) in [6.07, 6.45) is 1.58. The fourth-order valence-corrected chi connectivity index (χ4v) is 3.94. The van der Waals surface area contributed by atoms with Crippen LogP contribution in [0.2, 0.25) is 0 Å². The molecule has 0 saturated heterocycles. The number of hydrogen-bond acceptors (Lipinski definition) is 5. The Morgan fingerprint density at radius 1 is 1.22 bits per heavy atom. The number of hydrogen-bond donors (Lipinski definition) is 1. The van der Waals surface area contributed by atoms with Gasteiger partial charge in [0.2, 0.25) is 0 Å². The third-order valence-corrected chi connectivity index (χ3v) is 5.50. The first-order valence-electron chi connectivity index (χ1n) is 8.02. The smallest absolute Gasteiger partial charge is 0.324 e. The van der Waals surface area contributed by atoms with Crippen molar-refractivity contribution in [2.24, 2.45) is 0 Å². The first-order valence-corrected chi connectivity index (χ1v) is 9.46. The van der Waals surface area contributed by atoms with Gasteiger partial charge in [-0.15, -0.1) is 0 Å². The van der Waals surface area contributed by atoms with Crippen LogP contribution in [0, 0.1) is 6.92 Å². The van der Waals surface area contributed by atoms with E-state index in [1.165, 1.54) is 37.4 Å². The Balaban J connectivity index is 2.44. The summed E-state index contributed by atoms with van der Waals surface area (Å²) < 4.78 is 37.5. The first kappa shape index (κ1) is 20.3. The number of sulfonamides is 1. The van der Waals surface area contributed by atoms with E-state index in [2.05, 4.69) is 6.58 Å². The average molecular weight is 391 g/mol. The molecule has 8 heteroatoms. The van der Waals surface area contributed by atoms with Crippen molar-refractivity contribution in [3.63, 3.8) is 0 Å². The number of benzene rings is 2. The Bertz CT molecular complexity index is 922. The van der Waals surface area contributed by atoms with Gasteiger partial charge < -0.3 is 14.6 Å². The van der Waals surface area contributed by atoms with Gasteiger partial charge >= 0.3 is 5.97 Å². The number of aliphatic carboxylic acids is 1. The summed E-state index contributed by atoms with van der Waals surface area (Å²) in [4.78, 5) is 11.3. The van der Waals surface area contributed by atoms with Gasteiger partial charge in [-0.3, -0.25) is 9.10 Å². The molecule has 0 aromatic heterocycles. The van der Waals surface area contributed by atoms with Crippen LogP contribution in [0.15, 0.2) is 60.0 Å². The van der Waals surface area contributed by atoms with Crippen LogP contribution in [0.3, 0.4) is 0 Å². The maximum Gasteiger partial charge on any atom is 0.324 e. The maximum atomic E-state index is 13.1. The van der Waals surface area contributed by atoms with Crippen molar-refractivity contribution < 1.29 is 27.8 Å². The summed E-state index contributed by atoms with van der Waals surface area (Å²) in [6.45, 7) is 4.87. The second kappa shape index (κ2) is 8.59. The topological polar surface area (TPSA) is 93.1 Å². The lowest BCUT2D eigenvalue weighted by Crippen LogP contribution is -2.35. The van der Waals surface area contributed by atoms with E-state index < -0.39 is 22.5 Å². The molecular weight excluding hydrogens is 370 g/mol. The molecule has 0 aliphatic carbocycles. The molecule has 0 bridgehead atoms. The van der Waals surface area contributed by atoms with Crippen molar-refractivity contribution in [2.45, 2.75) is 11.8 Å². The number of rotatable bonds is 9. The summed E-state index contributed by atoms with van der Waals surface area (Å²) in [6, 6.07) is 10.5. The van der Waals surface area contributed by atoms with Gasteiger partial charge in [0, 0.05) is 0 Å². The van der Waals surface area contributed by atoms with Crippen LogP contribution in [0.4, 0.5) is 5.69 Å². The van der Waals surface area contributed by atoms with Crippen molar-refractivity contribution in [2.75, 3.05) is 24.6 Å². The van der Waals surface area contributed by atoms with E-state index in [4.69, 9.17) is 9.47 Å². The van der Waals surface area contributed by atoms with Crippen LogP contribution in [0.5, 0.6) is 11.5 Å². The van der Waals surface area contributed by atoms with Gasteiger partial charge in [-0.2, -0.15) is 0 Å². The van der Waals surface area contributed by atoms with E-state index in [1.54, 1.807) is 25.1 Å². The predicted molar refractivity (Wildman–Crippen MR) is 102 cm³/mol. The minimum Gasteiger partial charge on any atom is -0.496 e. The molecule has 2 aromatic rings. The molecular formula is C19H21NO6S. The zero-order chi connectivity index (χ0) is 20.0. The number of carboxylic acids is 1. The van der Waals surface area contributed by atoms with Crippen LogP contribution in [-0.2, 0) is 14.8 Å². The molecule has 144 valence electrons. The highest BCUT2D eigenvalue weighted by atomic mass is 32.2. The van der Waals surface area contributed by atoms with Gasteiger partial charge in [0.15, 0.2) is 0 Å². The standard InChI is InChI=1S/C19H21NO6S/c1-4-11-26-16-7-5-15(6-8-16)20(13-19(21)22)27(23,24)17-9-10-18(25-3)14(2)12-17/h4-10,12H,1,11,13H2,2-3H3,(H,21,22). The van der Waals surface area contributed by atoms with Crippen LogP contribution in [0.25, 0.3) is 0 Å². The fourth-order valence-electron chi connectivity index (χ4n) is 2.44. The summed E-state index contributed by atoms with van der Waals surface area (Å²) in [7, 11) is -2.60. The number of carbonyl (C=O) groups is 1. The quantitative estimate of drug-likeness (QED) is 0.661. The minimum atomic E-state index is -4.09. The van der Waals surface area contributed by atoms with E-state index in [1.807, 2.05) is 0 Å². The molecule has 0 atom stereocenters. The predicted octanol–water partition coefficient (Wildman–Crippen LogP) is 2.85. The lowest BCUT2D eigenvalue weighted by molar-refractivity contribution is -0.135. The molecule has 1 N–H and O–H groups in total. The Hall–Kier alpha value is -3.00. The second-order valence-corrected chi connectivity index (χ2v) is 7.49. The first-order chi connectivity index (χ1) is 12.8. The van der Waals surface area contributed by atoms with Crippen LogP contribution in [-0.4, -0.2) is 39.8 Å². The van der Waals surface area contributed by atoms with Crippen molar-refractivity contribution >= 4 is 21.7 Å². The molecule has 0 saturated carbocycles. The van der Waals surface area contributed by atoms with E-state index in [9.17, 15) is 18.3 Å². The number of methoxy groups -OCH3 is 1. The number of carboxylic acid groups (broad SMARTS) is 1. The van der Waals surface area contributed by atoms with Crippen LogP contribution < -0.4 is 13.8 Å². The van der Waals surface area contributed by atoms with Crippen molar-refractivity contribution in [1.82, 2.24) is 0 Å². The highest BCUT2D eigenvalue weighted by Crippen LogP contribution is 2.28. The number of nitrogens with zero attached hydrogens (tertiary/aromatic N) is 1. The highest BCUT2D eigenvalue weighted by molar-refractivity contribution is 7.92. The van der Waals surface area contributed by atoms with E-state index in [-0.39, 0.29) is 10.6 Å². The van der Waals surface area contributed by atoms with E-state index >= 15 is 0 Å². The molecule has 0 amide bonds. The van der Waals surface area contributed by atoms with E-state index in [0.29, 0.717) is 23.7 Å². The zero-order valence-electron chi connectivity index (χ0n) is 15.1. The highest BCUT2D eigenvalue weighted by Gasteiger charge is 2.27. The lowest BCUT2D eigenvalue weighted by Gasteiger charge is -2.23. The molecule has 0 radical (unpaired) electrons. The van der Waals surface area contributed by atoms with Crippen molar-refractivity contribution in [1.29, 1.82) is 0 Å². The third-order valence-electron chi connectivity index (χ3n) is 3.73. The van der Waals surface area contributed by atoms with Gasteiger partial charge in [0.25, 0.3) is 10.0 Å². The van der Waals surface area contributed by atoms with E-state index in [0.717, 1.165) is 4.31 Å². The monoisotopic (exact) mass is 391 g/mol. The Morgan fingerprint density at radius 3 is 2.41 bits per heavy atom. The number of ether oxygens (including phenoxy) is 2. The zero-order valence-corrected chi connectivity index (χ0v) is 15.9. The molecule has 0 unspecified atom stereocenters. The molecule has 0 aliphatic rings. The Morgan fingerprint density at radius 2 is 1.89 bits per heavy atom. The third kappa shape index (κ3) is 4.79. The molecule has 2 rings (SSSR count). The summed E-state index contributed by atoms with van der Waals surface area (Å²) >= 11 is 0. The molecule has 2 aromatic carbocycles. The minimum absolute atomic E-state index is 0.0194. The van der Waals surface area contributed by atoms with Crippen LogP contribution in [0.1, 0.15) is 5.56 Å². The van der Waals surface area contributed by atoms with Gasteiger partial charge in [-0.05, 0) is 55.0 Å². The van der Waals surface area contributed by atoms with Gasteiger partial charge in [0.05, 0.1) is 17.7 Å². The molecule has 0 aliphatic heterocycles. The Kier molecular flexibility index (Phi) is 6.46. The van der Waals surface area contributed by atoms with Crippen molar-refractivity contribution in [3.05, 3.63) is 60.7 Å². The number of anilines is 1. The molecule has 0 heterocycles. The molecule has 0 spiro atoms. The summed E-state index contributed by atoms with van der Waals surface area (Å²) in [5.74, 6) is -0.204. The largest absolute Gasteiger partial charge is 0.496 e. The van der Waals surface area contributed by atoms with Crippen LogP contribution >= 0.6 is 0 Å². The normalized spacial score (nSPS) is 10.9. The molecule has 27 heavy (non-hydrogen) atoms. The fraction of sp³-hybridized carbons (Fsp3) is 0.211.